The average molecular weight is 1330 g/mol. The number of unbranched alkanes of at least 4 members (excludes halogenated alkanes) is 58. The summed E-state index contributed by atoms with van der Waals surface area (Å²) in [7, 11) is -4.39. The van der Waals surface area contributed by atoms with Crippen molar-refractivity contribution in [3.8, 4) is 0 Å². The van der Waals surface area contributed by atoms with Crippen molar-refractivity contribution in [3.63, 3.8) is 0 Å². The van der Waals surface area contributed by atoms with Crippen LogP contribution >= 0.6 is 7.82 Å². The van der Waals surface area contributed by atoms with E-state index in [4.69, 9.17) is 24.3 Å². The molecule has 0 spiro atoms. The minimum atomic E-state index is -4.39. The van der Waals surface area contributed by atoms with Gasteiger partial charge < -0.3 is 20.1 Å². The molecule has 0 radical (unpaired) electrons. The predicted molar refractivity (Wildman–Crippen MR) is 404 cm³/mol. The SMILES string of the molecule is CCCCCCC/C=C\C/C=C\C/C=C\CCCCCCCCCCCCCCCCCCCCCCCCCCCCC(=O)OC(COC(=O)CCCCCCCCCCCCCCCCCCCCC/C=C\CCCCCCCCCC)COP(=O)(O)OCCN. The summed E-state index contributed by atoms with van der Waals surface area (Å²) in [6.07, 6.45) is 103. The van der Waals surface area contributed by atoms with E-state index in [9.17, 15) is 19.0 Å². The summed E-state index contributed by atoms with van der Waals surface area (Å²) >= 11 is 0. The monoisotopic (exact) mass is 1330 g/mol. The molecule has 0 fully saturated rings. The molecule has 3 N–H and O–H groups in total. The van der Waals surface area contributed by atoms with Crippen molar-refractivity contribution in [2.75, 3.05) is 26.4 Å². The fourth-order valence-corrected chi connectivity index (χ4v) is 13.4. The molecule has 93 heavy (non-hydrogen) atoms. The second-order valence-corrected chi connectivity index (χ2v) is 29.4. The lowest BCUT2D eigenvalue weighted by Gasteiger charge is -2.19. The van der Waals surface area contributed by atoms with Gasteiger partial charge in [-0.15, -0.1) is 0 Å². The molecule has 9 nitrogen and oxygen atoms in total. The fourth-order valence-electron chi connectivity index (χ4n) is 12.6. The molecule has 548 valence electrons. The molecule has 0 saturated carbocycles. The zero-order chi connectivity index (χ0) is 67.2. The Morgan fingerprint density at radius 1 is 0.323 bits per heavy atom. The highest BCUT2D eigenvalue weighted by atomic mass is 31.2. The van der Waals surface area contributed by atoms with Gasteiger partial charge in [-0.2, -0.15) is 0 Å². The highest BCUT2D eigenvalue weighted by molar-refractivity contribution is 7.47. The van der Waals surface area contributed by atoms with Gasteiger partial charge in [0.05, 0.1) is 13.2 Å². The molecule has 2 unspecified atom stereocenters. The molecule has 0 heterocycles. The lowest BCUT2D eigenvalue weighted by atomic mass is 10.0. The summed E-state index contributed by atoms with van der Waals surface area (Å²) in [5.74, 6) is -0.801. The van der Waals surface area contributed by atoms with Crippen LogP contribution < -0.4 is 5.73 Å². The van der Waals surface area contributed by atoms with Gasteiger partial charge >= 0.3 is 19.8 Å². The minimum absolute atomic E-state index is 0.0563. The Labute approximate surface area is 578 Å². The van der Waals surface area contributed by atoms with Gasteiger partial charge in [-0.05, 0) is 77.0 Å². The number of ether oxygens (including phenoxy) is 2. The first-order valence-electron chi connectivity index (χ1n) is 41.1. The van der Waals surface area contributed by atoms with Crippen LogP contribution in [0.5, 0.6) is 0 Å². The van der Waals surface area contributed by atoms with Gasteiger partial charge in [0.1, 0.15) is 6.61 Å². The summed E-state index contributed by atoms with van der Waals surface area (Å²) in [6, 6.07) is 0. The molecule has 0 aromatic carbocycles. The van der Waals surface area contributed by atoms with Crippen LogP contribution in [0.4, 0.5) is 0 Å². The zero-order valence-electron chi connectivity index (χ0n) is 62.0. The molecule has 0 aromatic rings. The molecule has 0 aliphatic rings. The quantitative estimate of drug-likeness (QED) is 0.0264. The molecule has 0 saturated heterocycles. The molecule has 0 rings (SSSR count). The summed E-state index contributed by atoms with van der Waals surface area (Å²) in [5, 5.41) is 0. The Kier molecular flexibility index (Phi) is 77.2. The van der Waals surface area contributed by atoms with Crippen molar-refractivity contribution in [3.05, 3.63) is 48.6 Å². The first-order chi connectivity index (χ1) is 45.8. The second-order valence-electron chi connectivity index (χ2n) is 28.0. The van der Waals surface area contributed by atoms with Gasteiger partial charge in [0.15, 0.2) is 6.10 Å². The number of esters is 2. The molecule has 0 aliphatic carbocycles. The van der Waals surface area contributed by atoms with Crippen molar-refractivity contribution in [2.45, 2.75) is 444 Å². The van der Waals surface area contributed by atoms with Crippen LogP contribution in [-0.4, -0.2) is 49.3 Å². The maximum Gasteiger partial charge on any atom is 0.472 e. The lowest BCUT2D eigenvalue weighted by molar-refractivity contribution is -0.161. The number of carbonyl (C=O) groups is 2. The number of nitrogens with two attached hydrogens (primary N) is 1. The van der Waals surface area contributed by atoms with Gasteiger partial charge in [-0.3, -0.25) is 18.6 Å². The smallest absolute Gasteiger partial charge is 0.462 e. The Balaban J connectivity index is 3.73. The maximum atomic E-state index is 12.8. The Morgan fingerprint density at radius 3 is 0.839 bits per heavy atom. The number of carbonyl (C=O) groups excluding carboxylic acids is 2. The molecule has 0 aromatic heterocycles. The third-order valence-corrected chi connectivity index (χ3v) is 19.7. The van der Waals surface area contributed by atoms with Gasteiger partial charge in [0, 0.05) is 19.4 Å². The molecule has 0 aliphatic heterocycles. The summed E-state index contributed by atoms with van der Waals surface area (Å²) < 4.78 is 33.3. The summed E-state index contributed by atoms with van der Waals surface area (Å²) in [4.78, 5) is 35.5. The fraction of sp³-hybridized carbons (Fsp3) is 0.880. The van der Waals surface area contributed by atoms with E-state index in [2.05, 4.69) is 62.5 Å². The van der Waals surface area contributed by atoms with Crippen molar-refractivity contribution >= 4 is 19.8 Å². The topological polar surface area (TPSA) is 134 Å². The maximum absolute atomic E-state index is 12.8. The molecule has 2 atom stereocenters. The summed E-state index contributed by atoms with van der Waals surface area (Å²) in [6.45, 7) is 3.81. The van der Waals surface area contributed by atoms with E-state index in [1.165, 1.54) is 360 Å². The van der Waals surface area contributed by atoms with Crippen molar-refractivity contribution in [1.29, 1.82) is 0 Å². The van der Waals surface area contributed by atoms with E-state index < -0.39 is 26.5 Å². The molecular weight excluding hydrogens is 1170 g/mol. The normalized spacial score (nSPS) is 13.0. The number of phosphoric acid groups is 1. The molecule has 10 heteroatoms. The van der Waals surface area contributed by atoms with Crippen LogP contribution in [0.3, 0.4) is 0 Å². The van der Waals surface area contributed by atoms with Crippen molar-refractivity contribution in [1.82, 2.24) is 0 Å². The highest BCUT2D eigenvalue weighted by Crippen LogP contribution is 2.43. The van der Waals surface area contributed by atoms with E-state index in [1.807, 2.05) is 0 Å². The van der Waals surface area contributed by atoms with E-state index in [0.29, 0.717) is 6.42 Å². The lowest BCUT2D eigenvalue weighted by Crippen LogP contribution is -2.29. The number of hydrogen-bond acceptors (Lipinski definition) is 8. The highest BCUT2D eigenvalue weighted by Gasteiger charge is 2.26. The largest absolute Gasteiger partial charge is 0.472 e. The third kappa shape index (κ3) is 78.8. The van der Waals surface area contributed by atoms with Crippen LogP contribution in [0.25, 0.3) is 0 Å². The zero-order valence-corrected chi connectivity index (χ0v) is 62.9. The van der Waals surface area contributed by atoms with Crippen LogP contribution in [0.1, 0.15) is 438 Å². The Morgan fingerprint density at radius 2 is 0.559 bits per heavy atom. The van der Waals surface area contributed by atoms with Crippen LogP contribution in [0.2, 0.25) is 0 Å². The van der Waals surface area contributed by atoms with Gasteiger partial charge in [-0.1, -0.05) is 396 Å². The number of phosphoric ester groups is 1. The summed E-state index contributed by atoms with van der Waals surface area (Å²) in [5.41, 5.74) is 5.42. The minimum Gasteiger partial charge on any atom is -0.462 e. The van der Waals surface area contributed by atoms with E-state index >= 15 is 0 Å². The predicted octanol–water partition coefficient (Wildman–Crippen LogP) is 27.5. The van der Waals surface area contributed by atoms with Gasteiger partial charge in [0.25, 0.3) is 0 Å². The Hall–Kier alpha value is -2.03. The molecule has 0 amide bonds. The standard InChI is InChI=1S/C83H158NO8P/c1-3-5-7-9-11-13-15-17-19-21-23-25-27-29-31-33-35-36-37-38-39-40-41-42-43-44-46-48-50-52-54-56-58-60-62-64-66-68-70-72-74-76-83(86)92-81(80-91-93(87,88)90-78-77-84)79-89-82(85)75-73-71-69-67-65-63-61-59-57-55-53-51-49-47-45-34-32-30-28-26-24-22-20-18-16-14-12-10-8-6-4-2/h15,17,21-24,27,29,81H,3-14,16,18-20,25-26,28,30-80,84H2,1-2H3,(H,87,88)/b17-15-,23-21-,24-22-,29-27-. The molecule has 0 bridgehead atoms. The third-order valence-electron chi connectivity index (χ3n) is 18.7. The van der Waals surface area contributed by atoms with Crippen LogP contribution in [0.15, 0.2) is 48.6 Å². The van der Waals surface area contributed by atoms with Crippen LogP contribution in [0, 0.1) is 0 Å². The van der Waals surface area contributed by atoms with Gasteiger partial charge in [0.2, 0.25) is 0 Å². The van der Waals surface area contributed by atoms with E-state index in [-0.39, 0.29) is 38.6 Å². The van der Waals surface area contributed by atoms with Gasteiger partial charge in [-0.25, -0.2) is 4.57 Å². The number of allylic oxidation sites excluding steroid dienone is 8. The van der Waals surface area contributed by atoms with Crippen molar-refractivity contribution < 1.29 is 37.6 Å². The van der Waals surface area contributed by atoms with Crippen LogP contribution in [-0.2, 0) is 32.7 Å². The Bertz CT molecular complexity index is 1670. The van der Waals surface area contributed by atoms with E-state index in [1.54, 1.807) is 0 Å². The molecular formula is C83H158NO8P. The second kappa shape index (κ2) is 79.0. The van der Waals surface area contributed by atoms with E-state index in [0.717, 1.165) is 44.9 Å². The number of hydrogen-bond donors (Lipinski definition) is 2. The first-order valence-corrected chi connectivity index (χ1v) is 42.6. The average Bonchev–Trinajstić information content (AvgIpc) is 3.49. The first kappa shape index (κ1) is 91.0. The number of rotatable bonds is 79. The van der Waals surface area contributed by atoms with Crippen molar-refractivity contribution in [2.24, 2.45) is 5.73 Å².